The van der Waals surface area contributed by atoms with Gasteiger partial charge in [0.15, 0.2) is 0 Å². The summed E-state index contributed by atoms with van der Waals surface area (Å²) in [6.45, 7) is 1.41. The number of hydrogen-bond acceptors (Lipinski definition) is 2. The topological polar surface area (TPSA) is 66.6 Å². The first-order valence-electron chi connectivity index (χ1n) is 5.86. The molecule has 2 fully saturated rings. The normalized spacial score (nSPS) is 25.3. The van der Waals surface area contributed by atoms with Gasteiger partial charge in [0, 0.05) is 18.6 Å². The summed E-state index contributed by atoms with van der Waals surface area (Å²) in [4.78, 5) is 12.2. The third-order valence-corrected chi connectivity index (χ3v) is 3.83. The van der Waals surface area contributed by atoms with Crippen LogP contribution in [0.4, 0.5) is 4.79 Å². The Morgan fingerprint density at radius 2 is 2.00 bits per heavy atom. The molecule has 1 amide bonds. The van der Waals surface area contributed by atoms with Gasteiger partial charge in [0.05, 0.1) is 0 Å². The van der Waals surface area contributed by atoms with Crippen LogP contribution in [0.2, 0.25) is 0 Å². The van der Waals surface area contributed by atoms with E-state index < -0.39 is 6.09 Å². The molecular formula is C11H20N2O2. The Labute approximate surface area is 90.4 Å². The van der Waals surface area contributed by atoms with Crippen LogP contribution in [0.25, 0.3) is 0 Å². The van der Waals surface area contributed by atoms with Gasteiger partial charge >= 0.3 is 6.09 Å². The van der Waals surface area contributed by atoms with E-state index in [1.54, 1.807) is 0 Å². The average Bonchev–Trinajstić information content (AvgIpc) is 2.95. The molecule has 1 heterocycles. The second kappa shape index (κ2) is 4.00. The van der Waals surface area contributed by atoms with Crippen molar-refractivity contribution < 1.29 is 9.90 Å². The number of carboxylic acid groups (broad SMARTS) is 1. The van der Waals surface area contributed by atoms with Crippen LogP contribution in [0.15, 0.2) is 0 Å². The predicted molar refractivity (Wildman–Crippen MR) is 57.7 cm³/mol. The summed E-state index contributed by atoms with van der Waals surface area (Å²) in [6, 6.07) is 0. The first kappa shape index (κ1) is 10.7. The summed E-state index contributed by atoms with van der Waals surface area (Å²) in [6.07, 6.45) is 5.94. The van der Waals surface area contributed by atoms with E-state index in [-0.39, 0.29) is 5.54 Å². The second-order valence-electron chi connectivity index (χ2n) is 5.11. The van der Waals surface area contributed by atoms with Crippen LogP contribution < -0.4 is 5.73 Å². The zero-order valence-electron chi connectivity index (χ0n) is 9.11. The molecule has 86 valence electrons. The zero-order chi connectivity index (χ0) is 10.9. The summed E-state index contributed by atoms with van der Waals surface area (Å²) in [5, 5.41) is 8.80. The van der Waals surface area contributed by atoms with Crippen LogP contribution in [0.5, 0.6) is 0 Å². The Bertz CT molecular complexity index is 243. The molecule has 1 saturated carbocycles. The monoisotopic (exact) mass is 212 g/mol. The van der Waals surface area contributed by atoms with Crippen LogP contribution in [0.1, 0.15) is 38.5 Å². The average molecular weight is 212 g/mol. The molecule has 0 spiro atoms. The third kappa shape index (κ3) is 2.84. The molecule has 1 saturated heterocycles. The highest BCUT2D eigenvalue weighted by molar-refractivity contribution is 5.64. The van der Waals surface area contributed by atoms with Crippen molar-refractivity contribution in [2.75, 3.05) is 13.1 Å². The van der Waals surface area contributed by atoms with Gasteiger partial charge in [-0.1, -0.05) is 0 Å². The summed E-state index contributed by atoms with van der Waals surface area (Å²) in [7, 11) is 0. The van der Waals surface area contributed by atoms with E-state index >= 15 is 0 Å². The fraction of sp³-hybridized carbons (Fsp3) is 0.909. The molecule has 0 aromatic heterocycles. The molecule has 0 unspecified atom stereocenters. The SMILES string of the molecule is NC1(CCC2CCN(C(=O)O)CC2)CC1. The molecule has 1 aliphatic carbocycles. The molecule has 0 aromatic carbocycles. The Balaban J connectivity index is 1.67. The van der Waals surface area contributed by atoms with Gasteiger partial charge in [-0.15, -0.1) is 0 Å². The summed E-state index contributed by atoms with van der Waals surface area (Å²) < 4.78 is 0. The maximum atomic E-state index is 10.7. The van der Waals surface area contributed by atoms with Crippen molar-refractivity contribution in [1.29, 1.82) is 0 Å². The van der Waals surface area contributed by atoms with Crippen molar-refractivity contribution in [2.45, 2.75) is 44.1 Å². The molecule has 2 aliphatic rings. The molecule has 3 N–H and O–H groups in total. The number of nitrogens with two attached hydrogens (primary N) is 1. The van der Waals surface area contributed by atoms with Crippen LogP contribution in [0.3, 0.4) is 0 Å². The molecule has 15 heavy (non-hydrogen) atoms. The first-order chi connectivity index (χ1) is 7.09. The second-order valence-corrected chi connectivity index (χ2v) is 5.11. The Morgan fingerprint density at radius 3 is 2.47 bits per heavy atom. The minimum Gasteiger partial charge on any atom is -0.465 e. The summed E-state index contributed by atoms with van der Waals surface area (Å²) in [5.41, 5.74) is 6.19. The van der Waals surface area contributed by atoms with Crippen molar-refractivity contribution in [3.8, 4) is 0 Å². The Kier molecular flexibility index (Phi) is 2.87. The van der Waals surface area contributed by atoms with E-state index in [1.165, 1.54) is 24.2 Å². The number of amides is 1. The Morgan fingerprint density at radius 1 is 1.40 bits per heavy atom. The van der Waals surface area contributed by atoms with Crippen molar-refractivity contribution in [1.82, 2.24) is 4.90 Å². The smallest absolute Gasteiger partial charge is 0.407 e. The van der Waals surface area contributed by atoms with Crippen molar-refractivity contribution >= 4 is 6.09 Å². The molecule has 4 heteroatoms. The van der Waals surface area contributed by atoms with Gasteiger partial charge in [0.2, 0.25) is 0 Å². The first-order valence-corrected chi connectivity index (χ1v) is 5.86. The number of piperidine rings is 1. The van der Waals surface area contributed by atoms with Crippen molar-refractivity contribution in [3.63, 3.8) is 0 Å². The third-order valence-electron chi connectivity index (χ3n) is 3.83. The van der Waals surface area contributed by atoms with Crippen LogP contribution in [0, 0.1) is 5.92 Å². The minimum atomic E-state index is -0.772. The van der Waals surface area contributed by atoms with Gasteiger partial charge < -0.3 is 15.7 Å². The lowest BCUT2D eigenvalue weighted by atomic mass is 9.90. The van der Waals surface area contributed by atoms with Crippen molar-refractivity contribution in [3.05, 3.63) is 0 Å². The molecule has 4 nitrogen and oxygen atoms in total. The molecule has 1 aliphatic heterocycles. The number of likely N-dealkylation sites (tertiary alicyclic amines) is 1. The van der Waals surface area contributed by atoms with E-state index in [2.05, 4.69) is 0 Å². The van der Waals surface area contributed by atoms with Crippen LogP contribution in [-0.2, 0) is 0 Å². The largest absolute Gasteiger partial charge is 0.465 e. The fourth-order valence-electron chi connectivity index (χ4n) is 2.32. The van der Waals surface area contributed by atoms with Gasteiger partial charge in [0.1, 0.15) is 0 Å². The molecular weight excluding hydrogens is 192 g/mol. The maximum absolute atomic E-state index is 10.7. The van der Waals surface area contributed by atoms with E-state index in [4.69, 9.17) is 10.8 Å². The molecule has 0 aromatic rings. The lowest BCUT2D eigenvalue weighted by molar-refractivity contribution is 0.122. The van der Waals surface area contributed by atoms with Gasteiger partial charge in [-0.25, -0.2) is 4.79 Å². The molecule has 2 rings (SSSR count). The van der Waals surface area contributed by atoms with E-state index in [1.807, 2.05) is 0 Å². The number of hydrogen-bond donors (Lipinski definition) is 2. The standard InChI is InChI=1S/C11H20N2O2/c12-11(5-6-11)4-1-9-2-7-13(8-3-9)10(14)15/h9H,1-8,12H2,(H,14,15). The summed E-state index contributed by atoms with van der Waals surface area (Å²) >= 11 is 0. The number of nitrogens with zero attached hydrogens (tertiary/aromatic N) is 1. The maximum Gasteiger partial charge on any atom is 0.407 e. The molecule has 0 bridgehead atoms. The Hall–Kier alpha value is -0.770. The quantitative estimate of drug-likeness (QED) is 0.747. The van der Waals surface area contributed by atoms with Gasteiger partial charge in [0.25, 0.3) is 0 Å². The molecule has 0 radical (unpaired) electrons. The highest BCUT2D eigenvalue weighted by Crippen LogP contribution is 2.38. The van der Waals surface area contributed by atoms with E-state index in [0.29, 0.717) is 19.0 Å². The van der Waals surface area contributed by atoms with E-state index in [9.17, 15) is 4.79 Å². The van der Waals surface area contributed by atoms with Gasteiger partial charge in [-0.3, -0.25) is 0 Å². The minimum absolute atomic E-state index is 0.157. The number of rotatable bonds is 3. The van der Waals surface area contributed by atoms with Crippen LogP contribution >= 0.6 is 0 Å². The summed E-state index contributed by atoms with van der Waals surface area (Å²) in [5.74, 6) is 0.696. The number of carbonyl (C=O) groups is 1. The predicted octanol–water partition coefficient (Wildman–Crippen LogP) is 1.65. The van der Waals surface area contributed by atoms with Crippen LogP contribution in [-0.4, -0.2) is 34.7 Å². The van der Waals surface area contributed by atoms with Gasteiger partial charge in [-0.2, -0.15) is 0 Å². The lowest BCUT2D eigenvalue weighted by Gasteiger charge is -2.30. The van der Waals surface area contributed by atoms with Crippen molar-refractivity contribution in [2.24, 2.45) is 11.7 Å². The highest BCUT2D eigenvalue weighted by atomic mass is 16.4. The zero-order valence-corrected chi connectivity index (χ0v) is 9.11. The van der Waals surface area contributed by atoms with E-state index in [0.717, 1.165) is 19.3 Å². The highest BCUT2D eigenvalue weighted by Gasteiger charge is 2.38. The van der Waals surface area contributed by atoms with Gasteiger partial charge in [-0.05, 0) is 44.4 Å². The fourth-order valence-corrected chi connectivity index (χ4v) is 2.32. The lowest BCUT2D eigenvalue weighted by Crippen LogP contribution is -2.37. The molecule has 0 atom stereocenters.